The number of Topliss-reactive ketones (excluding diaryl/α,β-unsaturated/α-hetero) is 1. The lowest BCUT2D eigenvalue weighted by molar-refractivity contribution is -0.129. The summed E-state index contributed by atoms with van der Waals surface area (Å²) in [5.74, 6) is 0.893. The molecule has 2 aromatic carbocycles. The Balaban J connectivity index is 2.62. The van der Waals surface area contributed by atoms with Crippen molar-refractivity contribution in [3.8, 4) is 17.2 Å². The van der Waals surface area contributed by atoms with Gasteiger partial charge < -0.3 is 14.6 Å². The first-order valence-electron chi connectivity index (χ1n) is 11.5. The molecule has 0 radical (unpaired) electrons. The lowest BCUT2D eigenvalue weighted by atomic mass is 9.90. The minimum absolute atomic E-state index is 0.0378. The number of anilines is 1. The fourth-order valence-corrected chi connectivity index (χ4v) is 3.72. The summed E-state index contributed by atoms with van der Waals surface area (Å²) in [5, 5.41) is 9.80. The minimum atomic E-state index is -0.822. The molecule has 0 spiro atoms. The van der Waals surface area contributed by atoms with Gasteiger partial charge in [0.15, 0.2) is 17.3 Å². The third kappa shape index (κ3) is 6.73. The Kier molecular flexibility index (Phi) is 9.32. The molecule has 0 aliphatic rings. The van der Waals surface area contributed by atoms with Crippen molar-refractivity contribution in [1.82, 2.24) is 0 Å². The number of phenols is 1. The van der Waals surface area contributed by atoms with Crippen LogP contribution in [-0.2, 0) is 9.59 Å². The van der Waals surface area contributed by atoms with Gasteiger partial charge in [0.25, 0.3) is 0 Å². The Morgan fingerprint density at radius 1 is 0.939 bits per heavy atom. The molecule has 1 N–H and O–H groups in total. The van der Waals surface area contributed by atoms with Crippen LogP contribution >= 0.6 is 0 Å². The predicted molar refractivity (Wildman–Crippen MR) is 131 cm³/mol. The van der Waals surface area contributed by atoms with Crippen molar-refractivity contribution in [1.29, 1.82) is 0 Å². The van der Waals surface area contributed by atoms with Crippen LogP contribution in [0, 0.1) is 5.41 Å². The maximum atomic E-state index is 13.7. The van der Waals surface area contributed by atoms with Crippen molar-refractivity contribution >= 4 is 17.4 Å². The number of ketones is 1. The number of nitrogens with zero attached hydrogens (tertiary/aromatic N) is 1. The Labute approximate surface area is 197 Å². The summed E-state index contributed by atoms with van der Waals surface area (Å²) in [6, 6.07) is 10.9. The zero-order chi connectivity index (χ0) is 24.6. The average Bonchev–Trinajstić information content (AvgIpc) is 2.79. The SMILES string of the molecule is CCCCCCC(=O)C(c1ccc(O)cc1)N(C(=O)C(C)(C)C)c1ccc(OC)c(OC)c1. The van der Waals surface area contributed by atoms with Gasteiger partial charge in [0.2, 0.25) is 5.91 Å². The molecule has 0 fully saturated rings. The second kappa shape index (κ2) is 11.7. The molecule has 0 aliphatic heterocycles. The molecule has 0 saturated heterocycles. The van der Waals surface area contributed by atoms with E-state index in [1.807, 2.05) is 20.8 Å². The first kappa shape index (κ1) is 26.2. The number of methoxy groups -OCH3 is 2. The van der Waals surface area contributed by atoms with Crippen molar-refractivity contribution in [2.75, 3.05) is 19.1 Å². The smallest absolute Gasteiger partial charge is 0.233 e. The zero-order valence-electron chi connectivity index (χ0n) is 20.7. The summed E-state index contributed by atoms with van der Waals surface area (Å²) in [4.78, 5) is 28.9. The molecule has 1 unspecified atom stereocenters. The van der Waals surface area contributed by atoms with Crippen molar-refractivity contribution in [2.45, 2.75) is 65.8 Å². The molecule has 0 bridgehead atoms. The van der Waals surface area contributed by atoms with Gasteiger partial charge in [-0.3, -0.25) is 14.5 Å². The molecule has 1 atom stereocenters. The first-order chi connectivity index (χ1) is 15.6. The molecule has 0 aliphatic carbocycles. The summed E-state index contributed by atoms with van der Waals surface area (Å²) in [6.07, 6.45) is 4.25. The van der Waals surface area contributed by atoms with Gasteiger partial charge in [-0.15, -0.1) is 0 Å². The quantitative estimate of drug-likeness (QED) is 0.416. The van der Waals surface area contributed by atoms with E-state index in [0.717, 1.165) is 25.7 Å². The summed E-state index contributed by atoms with van der Waals surface area (Å²) < 4.78 is 10.8. The van der Waals surface area contributed by atoms with Crippen LogP contribution in [0.1, 0.15) is 71.4 Å². The first-order valence-corrected chi connectivity index (χ1v) is 11.5. The Bertz CT molecular complexity index is 931. The highest BCUT2D eigenvalue weighted by Gasteiger charge is 2.37. The van der Waals surface area contributed by atoms with Crippen LogP contribution in [0.25, 0.3) is 0 Å². The van der Waals surface area contributed by atoms with Crippen molar-refractivity contribution in [3.05, 3.63) is 48.0 Å². The van der Waals surface area contributed by atoms with Gasteiger partial charge in [0.1, 0.15) is 11.8 Å². The number of unbranched alkanes of at least 4 members (excludes halogenated alkanes) is 3. The van der Waals surface area contributed by atoms with E-state index >= 15 is 0 Å². The van der Waals surface area contributed by atoms with E-state index in [0.29, 0.717) is 29.2 Å². The number of benzene rings is 2. The van der Waals surface area contributed by atoms with Crippen LogP contribution < -0.4 is 14.4 Å². The van der Waals surface area contributed by atoms with Crippen LogP contribution in [0.15, 0.2) is 42.5 Å². The molecule has 0 heterocycles. The Morgan fingerprint density at radius 3 is 2.12 bits per heavy atom. The number of carbonyl (C=O) groups is 2. The highest BCUT2D eigenvalue weighted by Crippen LogP contribution is 2.38. The van der Waals surface area contributed by atoms with Crippen molar-refractivity contribution in [2.24, 2.45) is 5.41 Å². The molecule has 180 valence electrons. The Morgan fingerprint density at radius 2 is 1.58 bits per heavy atom. The van der Waals surface area contributed by atoms with E-state index in [-0.39, 0.29) is 17.4 Å². The molecule has 2 rings (SSSR count). The molecular weight excluding hydrogens is 418 g/mol. The fourth-order valence-electron chi connectivity index (χ4n) is 3.72. The van der Waals surface area contributed by atoms with Gasteiger partial charge in [-0.25, -0.2) is 0 Å². The summed E-state index contributed by atoms with van der Waals surface area (Å²) in [6.45, 7) is 7.63. The lowest BCUT2D eigenvalue weighted by Gasteiger charge is -2.36. The summed E-state index contributed by atoms with van der Waals surface area (Å²) in [7, 11) is 3.09. The maximum absolute atomic E-state index is 13.7. The van der Waals surface area contributed by atoms with Crippen LogP contribution in [0.5, 0.6) is 17.2 Å². The number of aromatic hydroxyl groups is 1. The normalized spacial score (nSPS) is 12.2. The number of amides is 1. The van der Waals surface area contributed by atoms with E-state index in [4.69, 9.17) is 9.47 Å². The molecule has 1 amide bonds. The van der Waals surface area contributed by atoms with Crippen LogP contribution in [-0.4, -0.2) is 31.0 Å². The number of phenolic OH excluding ortho intramolecular Hbond substituents is 1. The second-order valence-electron chi connectivity index (χ2n) is 9.24. The third-order valence-electron chi connectivity index (χ3n) is 5.55. The minimum Gasteiger partial charge on any atom is -0.508 e. The van der Waals surface area contributed by atoms with E-state index < -0.39 is 11.5 Å². The number of hydrogen-bond acceptors (Lipinski definition) is 5. The zero-order valence-corrected chi connectivity index (χ0v) is 20.7. The van der Waals surface area contributed by atoms with Gasteiger partial charge in [0, 0.05) is 23.6 Å². The van der Waals surface area contributed by atoms with Gasteiger partial charge in [-0.05, 0) is 36.2 Å². The Hall–Kier alpha value is -3.02. The standard InChI is InChI=1S/C27H37NO5/c1-7-8-9-10-11-22(30)25(19-12-15-21(29)16-13-19)28(26(31)27(2,3)4)20-14-17-23(32-5)24(18-20)33-6/h12-18,25,29H,7-11H2,1-6H3. The molecule has 33 heavy (non-hydrogen) atoms. The van der Waals surface area contributed by atoms with Gasteiger partial charge in [-0.2, -0.15) is 0 Å². The molecule has 6 nitrogen and oxygen atoms in total. The fraction of sp³-hybridized carbons (Fsp3) is 0.481. The van der Waals surface area contributed by atoms with Gasteiger partial charge in [-0.1, -0.05) is 59.1 Å². The van der Waals surface area contributed by atoms with Gasteiger partial charge in [0.05, 0.1) is 14.2 Å². The summed E-state index contributed by atoms with van der Waals surface area (Å²) in [5.41, 5.74) is 0.471. The average molecular weight is 456 g/mol. The van der Waals surface area contributed by atoms with E-state index in [2.05, 4.69) is 6.92 Å². The number of ether oxygens (including phenoxy) is 2. The molecule has 2 aromatic rings. The molecule has 6 heteroatoms. The lowest BCUT2D eigenvalue weighted by Crippen LogP contribution is -2.45. The monoisotopic (exact) mass is 455 g/mol. The van der Waals surface area contributed by atoms with Gasteiger partial charge >= 0.3 is 0 Å². The number of hydrogen-bond donors (Lipinski definition) is 1. The summed E-state index contributed by atoms with van der Waals surface area (Å²) >= 11 is 0. The highest BCUT2D eigenvalue weighted by atomic mass is 16.5. The third-order valence-corrected chi connectivity index (χ3v) is 5.55. The topological polar surface area (TPSA) is 76.1 Å². The maximum Gasteiger partial charge on any atom is 0.233 e. The largest absolute Gasteiger partial charge is 0.508 e. The van der Waals surface area contributed by atoms with Crippen molar-refractivity contribution < 1.29 is 24.2 Å². The molecular formula is C27H37NO5. The molecule has 0 saturated carbocycles. The predicted octanol–water partition coefficient (Wildman–Crippen LogP) is 6.07. The van der Waals surface area contributed by atoms with Crippen molar-refractivity contribution in [3.63, 3.8) is 0 Å². The van der Waals surface area contributed by atoms with Crippen LogP contribution in [0.4, 0.5) is 5.69 Å². The van der Waals surface area contributed by atoms with E-state index in [1.54, 1.807) is 54.5 Å². The highest BCUT2D eigenvalue weighted by molar-refractivity contribution is 6.04. The van der Waals surface area contributed by atoms with Crippen LogP contribution in [0.2, 0.25) is 0 Å². The molecule has 0 aromatic heterocycles. The number of carbonyl (C=O) groups excluding carboxylic acids is 2. The van der Waals surface area contributed by atoms with E-state index in [1.165, 1.54) is 7.11 Å². The number of rotatable bonds is 11. The van der Waals surface area contributed by atoms with Crippen LogP contribution in [0.3, 0.4) is 0 Å². The van der Waals surface area contributed by atoms with E-state index in [9.17, 15) is 14.7 Å². The second-order valence-corrected chi connectivity index (χ2v) is 9.24.